The summed E-state index contributed by atoms with van der Waals surface area (Å²) in [7, 11) is 0. The average Bonchev–Trinajstić information content (AvgIpc) is 2.82. The minimum Gasteiger partial charge on any atom is -0.368 e. The van der Waals surface area contributed by atoms with Crippen LogP contribution in [0.25, 0.3) is 0 Å². The van der Waals surface area contributed by atoms with Crippen molar-refractivity contribution < 1.29 is 4.39 Å². The molecule has 2 nitrogen and oxygen atoms in total. The molecule has 3 rings (SSSR count). The minimum absolute atomic E-state index is 0.117. The highest BCUT2D eigenvalue weighted by atomic mass is 19.1. The summed E-state index contributed by atoms with van der Waals surface area (Å²) in [5.74, 6) is -0.117. The summed E-state index contributed by atoms with van der Waals surface area (Å²) in [6.45, 7) is 4.46. The number of anilines is 1. The largest absolute Gasteiger partial charge is 0.368 e. The summed E-state index contributed by atoms with van der Waals surface area (Å²) in [5, 5.41) is 3.61. The monoisotopic (exact) mass is 262 g/mol. The molecule has 0 saturated carbocycles. The number of fused-ring (bicyclic) bond motifs is 1. The van der Waals surface area contributed by atoms with Gasteiger partial charge in [0.1, 0.15) is 5.82 Å². The van der Waals surface area contributed by atoms with Crippen molar-refractivity contribution in [3.05, 3.63) is 29.6 Å². The van der Waals surface area contributed by atoms with Crippen LogP contribution in [0.1, 0.15) is 38.2 Å². The van der Waals surface area contributed by atoms with E-state index in [2.05, 4.69) is 17.1 Å². The van der Waals surface area contributed by atoms with E-state index in [0.29, 0.717) is 12.1 Å². The Hall–Kier alpha value is -1.09. The predicted molar refractivity (Wildman–Crippen MR) is 77.2 cm³/mol. The summed E-state index contributed by atoms with van der Waals surface area (Å²) in [4.78, 5) is 2.38. The number of rotatable bonds is 3. The zero-order chi connectivity index (χ0) is 13.2. The molecule has 1 aromatic carbocycles. The molecule has 0 amide bonds. The molecule has 19 heavy (non-hydrogen) atoms. The highest BCUT2D eigenvalue weighted by Crippen LogP contribution is 2.31. The molecule has 2 aliphatic heterocycles. The van der Waals surface area contributed by atoms with E-state index in [1.54, 1.807) is 12.1 Å². The maximum atomic E-state index is 13.4. The van der Waals surface area contributed by atoms with Crippen LogP contribution < -0.4 is 10.2 Å². The van der Waals surface area contributed by atoms with E-state index in [1.165, 1.54) is 24.8 Å². The summed E-state index contributed by atoms with van der Waals surface area (Å²) < 4.78 is 13.4. The van der Waals surface area contributed by atoms with Crippen LogP contribution in [-0.2, 0) is 6.42 Å². The molecule has 1 fully saturated rings. The average molecular weight is 262 g/mol. The molecule has 0 spiro atoms. The number of hydrogen-bond acceptors (Lipinski definition) is 2. The van der Waals surface area contributed by atoms with Crippen molar-refractivity contribution >= 4 is 5.69 Å². The van der Waals surface area contributed by atoms with Gasteiger partial charge in [0.15, 0.2) is 0 Å². The van der Waals surface area contributed by atoms with E-state index in [-0.39, 0.29) is 5.82 Å². The number of hydrogen-bond donors (Lipinski definition) is 1. The van der Waals surface area contributed by atoms with Gasteiger partial charge in [0.2, 0.25) is 0 Å². The fraction of sp³-hybridized carbons (Fsp3) is 0.625. The van der Waals surface area contributed by atoms with Crippen molar-refractivity contribution in [1.29, 1.82) is 0 Å². The molecule has 2 aliphatic rings. The Kier molecular flexibility index (Phi) is 3.74. The normalized spacial score (nSPS) is 24.3. The van der Waals surface area contributed by atoms with E-state index in [1.807, 2.05) is 6.07 Å². The second kappa shape index (κ2) is 5.49. The third-order valence-electron chi connectivity index (χ3n) is 4.55. The predicted octanol–water partition coefficient (Wildman–Crippen LogP) is 3.11. The van der Waals surface area contributed by atoms with Crippen LogP contribution in [0.5, 0.6) is 0 Å². The number of halogens is 1. The van der Waals surface area contributed by atoms with Gasteiger partial charge < -0.3 is 10.2 Å². The number of nitrogens with zero attached hydrogens (tertiary/aromatic N) is 1. The van der Waals surface area contributed by atoms with Crippen molar-refractivity contribution in [2.75, 3.05) is 18.0 Å². The number of benzene rings is 1. The molecule has 1 N–H and O–H groups in total. The van der Waals surface area contributed by atoms with E-state index in [9.17, 15) is 4.39 Å². The van der Waals surface area contributed by atoms with Gasteiger partial charge in [0.05, 0.1) is 0 Å². The van der Waals surface area contributed by atoms with Gasteiger partial charge in [-0.2, -0.15) is 0 Å². The molecule has 2 unspecified atom stereocenters. The molecular weight excluding hydrogens is 239 g/mol. The van der Waals surface area contributed by atoms with E-state index >= 15 is 0 Å². The van der Waals surface area contributed by atoms with E-state index < -0.39 is 0 Å². The summed E-state index contributed by atoms with van der Waals surface area (Å²) >= 11 is 0. The third-order valence-corrected chi connectivity index (χ3v) is 4.55. The lowest BCUT2D eigenvalue weighted by Gasteiger charge is -2.32. The van der Waals surface area contributed by atoms with Gasteiger partial charge in [-0.05, 0) is 56.8 Å². The first-order valence-corrected chi connectivity index (χ1v) is 7.52. The van der Waals surface area contributed by atoms with Crippen LogP contribution in [-0.4, -0.2) is 25.2 Å². The minimum atomic E-state index is -0.117. The maximum Gasteiger partial charge on any atom is 0.125 e. The number of piperidine rings is 1. The van der Waals surface area contributed by atoms with Crippen LogP contribution in [0.15, 0.2) is 18.2 Å². The number of nitrogens with one attached hydrogen (secondary N) is 1. The Labute approximate surface area is 115 Å². The molecule has 2 heterocycles. The molecule has 0 aromatic heterocycles. The first-order valence-electron chi connectivity index (χ1n) is 7.52. The summed E-state index contributed by atoms with van der Waals surface area (Å²) in [5.41, 5.74) is 2.41. The van der Waals surface area contributed by atoms with Crippen LogP contribution in [0.2, 0.25) is 0 Å². The van der Waals surface area contributed by atoms with Gasteiger partial charge in [-0.3, -0.25) is 0 Å². The van der Waals surface area contributed by atoms with Crippen LogP contribution in [0, 0.1) is 5.82 Å². The molecule has 0 aliphatic carbocycles. The molecule has 3 heteroatoms. The lowest BCUT2D eigenvalue weighted by Crippen LogP contribution is -2.41. The first kappa shape index (κ1) is 12.9. The fourth-order valence-corrected chi connectivity index (χ4v) is 3.50. The SMILES string of the molecule is CC(CC1CCCCN1)N1CCc2ccc(F)cc21. The smallest absolute Gasteiger partial charge is 0.125 e. The van der Waals surface area contributed by atoms with E-state index in [4.69, 9.17) is 0 Å². The lowest BCUT2D eigenvalue weighted by molar-refractivity contribution is 0.360. The molecule has 1 saturated heterocycles. The molecular formula is C16H23FN2. The first-order chi connectivity index (χ1) is 9.24. The third kappa shape index (κ3) is 2.76. The Balaban J connectivity index is 1.68. The van der Waals surface area contributed by atoms with Gasteiger partial charge in [-0.1, -0.05) is 12.5 Å². The standard InChI is InChI=1S/C16H23FN2/c1-12(10-15-4-2-3-8-18-15)19-9-7-13-5-6-14(17)11-16(13)19/h5-6,11-12,15,18H,2-4,7-10H2,1H3. The van der Waals surface area contributed by atoms with Crippen LogP contribution in [0.4, 0.5) is 10.1 Å². The quantitative estimate of drug-likeness (QED) is 0.900. The Morgan fingerprint density at radius 3 is 3.11 bits per heavy atom. The van der Waals surface area contributed by atoms with Gasteiger partial charge in [-0.15, -0.1) is 0 Å². The van der Waals surface area contributed by atoms with Crippen molar-refractivity contribution in [2.24, 2.45) is 0 Å². The highest BCUT2D eigenvalue weighted by molar-refractivity contribution is 5.58. The van der Waals surface area contributed by atoms with Gasteiger partial charge in [0.25, 0.3) is 0 Å². The second-order valence-corrected chi connectivity index (χ2v) is 5.95. The van der Waals surface area contributed by atoms with Crippen molar-refractivity contribution in [2.45, 2.75) is 51.1 Å². The fourth-order valence-electron chi connectivity index (χ4n) is 3.50. The van der Waals surface area contributed by atoms with Gasteiger partial charge in [-0.25, -0.2) is 4.39 Å². The summed E-state index contributed by atoms with van der Waals surface area (Å²) in [6.07, 6.45) is 6.15. The van der Waals surface area contributed by atoms with Crippen molar-refractivity contribution in [3.8, 4) is 0 Å². The van der Waals surface area contributed by atoms with Gasteiger partial charge >= 0.3 is 0 Å². The lowest BCUT2D eigenvalue weighted by atomic mass is 9.98. The molecule has 2 atom stereocenters. The van der Waals surface area contributed by atoms with Crippen LogP contribution >= 0.6 is 0 Å². The Morgan fingerprint density at radius 1 is 1.42 bits per heavy atom. The maximum absolute atomic E-state index is 13.4. The zero-order valence-electron chi connectivity index (χ0n) is 11.7. The zero-order valence-corrected chi connectivity index (χ0v) is 11.7. The van der Waals surface area contributed by atoms with E-state index in [0.717, 1.165) is 31.6 Å². The summed E-state index contributed by atoms with van der Waals surface area (Å²) in [6, 6.07) is 6.35. The second-order valence-electron chi connectivity index (χ2n) is 5.95. The molecule has 1 aromatic rings. The molecule has 104 valence electrons. The van der Waals surface area contributed by atoms with Crippen molar-refractivity contribution in [3.63, 3.8) is 0 Å². The van der Waals surface area contributed by atoms with Crippen molar-refractivity contribution in [1.82, 2.24) is 5.32 Å². The topological polar surface area (TPSA) is 15.3 Å². The van der Waals surface area contributed by atoms with Gasteiger partial charge in [0, 0.05) is 24.3 Å². The van der Waals surface area contributed by atoms with Crippen LogP contribution in [0.3, 0.4) is 0 Å². The molecule has 0 bridgehead atoms. The highest BCUT2D eigenvalue weighted by Gasteiger charge is 2.26. The molecule has 0 radical (unpaired) electrons. The Bertz CT molecular complexity index is 440. The Morgan fingerprint density at radius 2 is 2.32 bits per heavy atom.